The molecule has 3 rings (SSSR count). The normalized spacial score (nSPS) is 20.5. The molecule has 1 saturated heterocycles. The Morgan fingerprint density at radius 1 is 1.30 bits per heavy atom. The number of carbonyl (C=O) groups excluding carboxylic acids is 1. The number of rotatable bonds is 5. The number of thiocarbonyl (C=S) groups is 1. The smallest absolute Gasteiger partial charge is 0.266 e. The molecule has 120 valence electrons. The summed E-state index contributed by atoms with van der Waals surface area (Å²) in [5.41, 5.74) is 0.975. The molecule has 1 aromatic carbocycles. The molecule has 23 heavy (non-hydrogen) atoms. The van der Waals surface area contributed by atoms with Crippen LogP contribution in [0.1, 0.15) is 31.2 Å². The number of thioether (sulfide) groups is 1. The van der Waals surface area contributed by atoms with Crippen molar-refractivity contribution >= 4 is 40.3 Å². The third kappa shape index (κ3) is 3.67. The molecular formula is C18H19NO2S2. The van der Waals surface area contributed by atoms with E-state index in [0.29, 0.717) is 21.9 Å². The molecule has 2 fully saturated rings. The number of hydrogen-bond donors (Lipinski definition) is 0. The van der Waals surface area contributed by atoms with Crippen LogP contribution in [-0.4, -0.2) is 27.8 Å². The number of amides is 1. The van der Waals surface area contributed by atoms with Gasteiger partial charge in [-0.1, -0.05) is 61.6 Å². The highest BCUT2D eigenvalue weighted by Crippen LogP contribution is 2.37. The Hall–Kier alpha value is -1.59. The third-order valence-corrected chi connectivity index (χ3v) is 5.39. The van der Waals surface area contributed by atoms with Gasteiger partial charge in [-0.05, 0) is 36.6 Å². The Labute approximate surface area is 146 Å². The van der Waals surface area contributed by atoms with Crippen LogP contribution in [0.15, 0.2) is 41.8 Å². The van der Waals surface area contributed by atoms with E-state index in [4.69, 9.17) is 17.0 Å². The van der Waals surface area contributed by atoms with E-state index < -0.39 is 0 Å². The van der Waals surface area contributed by atoms with Crippen LogP contribution in [0.3, 0.4) is 0 Å². The number of carbonyl (C=O) groups is 1. The van der Waals surface area contributed by atoms with Gasteiger partial charge in [0.05, 0.1) is 4.91 Å². The highest BCUT2D eigenvalue weighted by Gasteiger charge is 2.37. The molecule has 3 nitrogen and oxygen atoms in total. The van der Waals surface area contributed by atoms with Crippen molar-refractivity contribution < 1.29 is 9.53 Å². The van der Waals surface area contributed by atoms with Crippen LogP contribution in [-0.2, 0) is 4.79 Å². The lowest BCUT2D eigenvalue weighted by Crippen LogP contribution is -2.36. The van der Waals surface area contributed by atoms with E-state index in [1.54, 1.807) is 6.08 Å². The molecule has 5 heteroatoms. The van der Waals surface area contributed by atoms with Crippen LogP contribution in [0.25, 0.3) is 6.08 Å². The van der Waals surface area contributed by atoms with Crippen LogP contribution >= 0.6 is 24.0 Å². The number of benzene rings is 1. The third-order valence-electron chi connectivity index (χ3n) is 4.06. The summed E-state index contributed by atoms with van der Waals surface area (Å²) in [5.74, 6) is 0.847. The minimum atomic E-state index is 0.0545. The summed E-state index contributed by atoms with van der Waals surface area (Å²) in [6.07, 6.45) is 8.12. The summed E-state index contributed by atoms with van der Waals surface area (Å²) < 4.78 is 6.16. The Bertz CT molecular complexity index is 645. The lowest BCUT2D eigenvalue weighted by atomic mass is 10.2. The minimum Gasteiger partial charge on any atom is -0.490 e. The second-order valence-corrected chi connectivity index (χ2v) is 7.33. The average Bonchev–Trinajstić information content (AvgIpc) is 3.15. The molecule has 0 atom stereocenters. The number of nitrogens with zero attached hydrogens (tertiary/aromatic N) is 1. The van der Waals surface area contributed by atoms with Crippen molar-refractivity contribution in [3.05, 3.63) is 47.4 Å². The molecule has 1 heterocycles. The molecule has 0 spiro atoms. The Balaban J connectivity index is 1.73. The fourth-order valence-corrected chi connectivity index (χ4v) is 4.32. The van der Waals surface area contributed by atoms with E-state index >= 15 is 0 Å². The van der Waals surface area contributed by atoms with Crippen molar-refractivity contribution in [3.63, 3.8) is 0 Å². The molecule has 0 radical (unpaired) electrons. The van der Waals surface area contributed by atoms with Crippen LogP contribution in [0.5, 0.6) is 5.75 Å². The van der Waals surface area contributed by atoms with Crippen molar-refractivity contribution in [1.29, 1.82) is 0 Å². The van der Waals surface area contributed by atoms with Gasteiger partial charge in [0.15, 0.2) is 0 Å². The quantitative estimate of drug-likeness (QED) is 0.449. The van der Waals surface area contributed by atoms with Crippen molar-refractivity contribution in [2.45, 2.75) is 31.7 Å². The van der Waals surface area contributed by atoms with Gasteiger partial charge < -0.3 is 4.74 Å². The van der Waals surface area contributed by atoms with Gasteiger partial charge >= 0.3 is 0 Å². The van der Waals surface area contributed by atoms with E-state index in [1.165, 1.54) is 24.6 Å². The molecule has 1 aliphatic carbocycles. The van der Waals surface area contributed by atoms with Crippen LogP contribution in [0, 0.1) is 0 Å². The first kappa shape index (κ1) is 16.3. The van der Waals surface area contributed by atoms with Crippen LogP contribution in [0.4, 0.5) is 0 Å². The number of hydrogen-bond acceptors (Lipinski definition) is 4. The van der Waals surface area contributed by atoms with Gasteiger partial charge in [-0.25, -0.2) is 0 Å². The Morgan fingerprint density at radius 3 is 2.65 bits per heavy atom. The lowest BCUT2D eigenvalue weighted by Gasteiger charge is -2.21. The first-order valence-electron chi connectivity index (χ1n) is 7.80. The summed E-state index contributed by atoms with van der Waals surface area (Å²) in [7, 11) is 0. The van der Waals surface area contributed by atoms with Gasteiger partial charge in [0.1, 0.15) is 16.7 Å². The standard InChI is InChI=1S/C18H19NO2S2/c1-2-11-21-15-9-7-13(8-10-15)12-16-17(20)19(18(22)23-16)14-5-3-4-6-14/h2,7-10,12,14H,1,3-6,11H2/b16-12+. The van der Waals surface area contributed by atoms with Crippen LogP contribution < -0.4 is 4.74 Å². The van der Waals surface area contributed by atoms with Gasteiger partial charge in [0, 0.05) is 6.04 Å². The first-order chi connectivity index (χ1) is 11.2. The molecule has 0 N–H and O–H groups in total. The average molecular weight is 345 g/mol. The predicted molar refractivity (Wildman–Crippen MR) is 99.4 cm³/mol. The molecule has 1 aromatic rings. The number of ether oxygens (including phenoxy) is 1. The van der Waals surface area contributed by atoms with Crippen molar-refractivity contribution in [3.8, 4) is 5.75 Å². The minimum absolute atomic E-state index is 0.0545. The zero-order chi connectivity index (χ0) is 16.2. The maximum Gasteiger partial charge on any atom is 0.266 e. The van der Waals surface area contributed by atoms with Gasteiger partial charge in [-0.3, -0.25) is 9.69 Å². The maximum absolute atomic E-state index is 12.6. The Kier molecular flexibility index (Phi) is 5.18. The summed E-state index contributed by atoms with van der Waals surface area (Å²) in [4.78, 5) is 15.2. The van der Waals surface area contributed by atoms with Gasteiger partial charge in [-0.15, -0.1) is 0 Å². The van der Waals surface area contributed by atoms with Gasteiger partial charge in [0.25, 0.3) is 5.91 Å². The summed E-state index contributed by atoms with van der Waals surface area (Å²) in [5, 5.41) is 0. The summed E-state index contributed by atoms with van der Waals surface area (Å²) in [6.45, 7) is 4.11. The lowest BCUT2D eigenvalue weighted by molar-refractivity contribution is -0.123. The van der Waals surface area contributed by atoms with Crippen molar-refractivity contribution in [2.75, 3.05) is 6.61 Å². The fourth-order valence-electron chi connectivity index (χ4n) is 2.92. The van der Waals surface area contributed by atoms with E-state index in [1.807, 2.05) is 35.2 Å². The molecule has 2 aliphatic rings. The van der Waals surface area contributed by atoms with Gasteiger partial charge in [-0.2, -0.15) is 0 Å². The highest BCUT2D eigenvalue weighted by molar-refractivity contribution is 8.26. The predicted octanol–water partition coefficient (Wildman–Crippen LogP) is 4.40. The largest absolute Gasteiger partial charge is 0.490 e. The fraction of sp³-hybridized carbons (Fsp3) is 0.333. The van der Waals surface area contributed by atoms with E-state index in [-0.39, 0.29) is 5.91 Å². The highest BCUT2D eigenvalue weighted by atomic mass is 32.2. The van der Waals surface area contributed by atoms with E-state index in [9.17, 15) is 4.79 Å². The molecule has 0 bridgehead atoms. The molecule has 0 unspecified atom stereocenters. The summed E-state index contributed by atoms with van der Waals surface area (Å²) in [6, 6.07) is 7.98. The maximum atomic E-state index is 12.6. The van der Waals surface area contributed by atoms with E-state index in [2.05, 4.69) is 6.58 Å². The topological polar surface area (TPSA) is 29.5 Å². The molecule has 1 saturated carbocycles. The van der Waals surface area contributed by atoms with Crippen LogP contribution in [0.2, 0.25) is 0 Å². The van der Waals surface area contributed by atoms with Gasteiger partial charge in [0.2, 0.25) is 0 Å². The SMILES string of the molecule is C=CCOc1ccc(/C=C2/SC(=S)N(C3CCCC3)C2=O)cc1. The monoisotopic (exact) mass is 345 g/mol. The molecule has 1 aliphatic heterocycles. The van der Waals surface area contributed by atoms with E-state index in [0.717, 1.165) is 24.2 Å². The second kappa shape index (κ2) is 7.32. The summed E-state index contributed by atoms with van der Waals surface area (Å²) >= 11 is 6.82. The molecule has 1 amide bonds. The molecule has 0 aromatic heterocycles. The van der Waals surface area contributed by atoms with Crippen molar-refractivity contribution in [1.82, 2.24) is 4.90 Å². The second-order valence-electron chi connectivity index (χ2n) is 5.66. The zero-order valence-electron chi connectivity index (χ0n) is 12.9. The zero-order valence-corrected chi connectivity index (χ0v) is 14.5. The molecular weight excluding hydrogens is 326 g/mol. The first-order valence-corrected chi connectivity index (χ1v) is 9.02. The Morgan fingerprint density at radius 2 is 2.00 bits per heavy atom. The van der Waals surface area contributed by atoms with Crippen molar-refractivity contribution in [2.24, 2.45) is 0 Å².